The molecule has 1 amide bonds. The molecular weight excluding hydrogens is 500 g/mol. The van der Waals surface area contributed by atoms with Gasteiger partial charge in [0, 0.05) is 37.6 Å². The molecule has 2 saturated heterocycles. The van der Waals surface area contributed by atoms with Crippen molar-refractivity contribution >= 4 is 28.4 Å². The molecule has 39 heavy (non-hydrogen) atoms. The third kappa shape index (κ3) is 6.15. The number of pyridine rings is 1. The van der Waals surface area contributed by atoms with Crippen molar-refractivity contribution < 1.29 is 24.1 Å². The van der Waals surface area contributed by atoms with Crippen LogP contribution in [0.2, 0.25) is 0 Å². The van der Waals surface area contributed by atoms with E-state index in [1.165, 1.54) is 0 Å². The summed E-state index contributed by atoms with van der Waals surface area (Å²) in [6.07, 6.45) is 6.50. The number of ether oxygens (including phenoxy) is 3. The molecule has 0 atom stereocenters. The minimum atomic E-state index is -0.424. The Balaban J connectivity index is 1.01. The summed E-state index contributed by atoms with van der Waals surface area (Å²) in [7, 11) is 0. The summed E-state index contributed by atoms with van der Waals surface area (Å²) < 4.78 is 17.5. The zero-order chi connectivity index (χ0) is 26.6. The number of benzene rings is 1. The first kappa shape index (κ1) is 25.6. The fraction of sp³-hybridized carbons (Fsp3) is 0.500. The largest absolute Gasteiger partial charge is 0.481 e. The predicted octanol–water partition coefficient (Wildman–Crippen LogP) is 2.25. The van der Waals surface area contributed by atoms with Crippen LogP contribution in [0.25, 0.3) is 10.8 Å². The number of β-amino-alcohol motifs (C(OH)–C–C–N with tert-alkyl or cyclic N) is 1. The van der Waals surface area contributed by atoms with Crippen molar-refractivity contribution in [2.45, 2.75) is 43.9 Å². The van der Waals surface area contributed by atoms with Gasteiger partial charge in [-0.1, -0.05) is 18.2 Å². The lowest BCUT2D eigenvalue weighted by atomic mass is 9.93. The highest BCUT2D eigenvalue weighted by Gasteiger charge is 2.29. The first-order chi connectivity index (χ1) is 19.1. The zero-order valence-electron chi connectivity index (χ0n) is 21.9. The van der Waals surface area contributed by atoms with Gasteiger partial charge in [-0.25, -0.2) is 9.97 Å². The van der Waals surface area contributed by atoms with E-state index in [9.17, 15) is 9.90 Å². The molecule has 2 N–H and O–H groups in total. The summed E-state index contributed by atoms with van der Waals surface area (Å²) in [5.74, 6) is 2.46. The van der Waals surface area contributed by atoms with Gasteiger partial charge in [0.1, 0.15) is 11.9 Å². The van der Waals surface area contributed by atoms with Crippen molar-refractivity contribution in [1.82, 2.24) is 19.9 Å². The fourth-order valence-electron chi connectivity index (χ4n) is 5.22. The van der Waals surface area contributed by atoms with Crippen molar-refractivity contribution in [1.29, 1.82) is 0 Å². The van der Waals surface area contributed by atoms with Crippen LogP contribution in [0.3, 0.4) is 0 Å². The Morgan fingerprint density at radius 1 is 1.08 bits per heavy atom. The van der Waals surface area contributed by atoms with Gasteiger partial charge < -0.3 is 34.4 Å². The van der Waals surface area contributed by atoms with Crippen LogP contribution in [0.4, 0.5) is 11.8 Å². The number of nitrogens with zero attached hydrogens (tertiary/aromatic N) is 5. The fourth-order valence-corrected chi connectivity index (χ4v) is 5.22. The van der Waals surface area contributed by atoms with Gasteiger partial charge in [0.05, 0.1) is 31.7 Å². The molecule has 3 fully saturated rings. The van der Waals surface area contributed by atoms with Gasteiger partial charge in [-0.05, 0) is 43.2 Å². The maximum Gasteiger partial charge on any atom is 0.260 e. The lowest BCUT2D eigenvalue weighted by Crippen LogP contribution is -2.54. The summed E-state index contributed by atoms with van der Waals surface area (Å²) in [5, 5.41) is 14.9. The van der Waals surface area contributed by atoms with Crippen molar-refractivity contribution in [2.24, 2.45) is 0 Å². The number of likely N-dealkylation sites (tertiary alicyclic amines) is 1. The normalized spacial score (nSPS) is 21.9. The molecule has 2 aliphatic heterocycles. The number of rotatable bonds is 8. The second-order valence-electron chi connectivity index (χ2n) is 10.3. The maximum atomic E-state index is 12.0. The van der Waals surface area contributed by atoms with E-state index in [2.05, 4.69) is 38.4 Å². The monoisotopic (exact) mass is 534 g/mol. The van der Waals surface area contributed by atoms with E-state index in [0.717, 1.165) is 55.4 Å². The highest BCUT2D eigenvalue weighted by atomic mass is 16.5. The predicted molar refractivity (Wildman–Crippen MR) is 145 cm³/mol. The van der Waals surface area contributed by atoms with E-state index in [0.29, 0.717) is 43.9 Å². The van der Waals surface area contributed by atoms with Crippen LogP contribution >= 0.6 is 0 Å². The lowest BCUT2D eigenvalue weighted by Gasteiger charge is -2.35. The second kappa shape index (κ2) is 11.6. The van der Waals surface area contributed by atoms with E-state index in [4.69, 9.17) is 19.2 Å². The minimum absolute atomic E-state index is 0.0909. The lowest BCUT2D eigenvalue weighted by molar-refractivity contribution is -0.143. The molecule has 0 radical (unpaired) electrons. The van der Waals surface area contributed by atoms with Crippen molar-refractivity contribution in [3.63, 3.8) is 0 Å². The summed E-state index contributed by atoms with van der Waals surface area (Å²) in [6, 6.07) is 10.6. The molecule has 6 rings (SSSR count). The number of carbonyl (C=O) groups is 1. The Bertz CT molecular complexity index is 1270. The molecule has 4 heterocycles. The quantitative estimate of drug-likeness (QED) is 0.445. The maximum absolute atomic E-state index is 12.0. The summed E-state index contributed by atoms with van der Waals surface area (Å²) >= 11 is 0. The number of aliphatic hydroxyl groups is 1. The highest BCUT2D eigenvalue weighted by molar-refractivity contribution is 5.89. The van der Waals surface area contributed by atoms with Crippen molar-refractivity contribution in [3.05, 3.63) is 42.7 Å². The Kier molecular flexibility index (Phi) is 7.60. The second-order valence-corrected chi connectivity index (χ2v) is 10.3. The van der Waals surface area contributed by atoms with Crippen LogP contribution in [-0.2, 0) is 9.53 Å². The third-order valence-corrected chi connectivity index (χ3v) is 7.52. The average molecular weight is 535 g/mol. The number of anilines is 2. The number of nitrogens with one attached hydrogen (secondary N) is 1. The van der Waals surface area contributed by atoms with Crippen molar-refractivity contribution in [3.8, 4) is 11.6 Å². The topological polar surface area (TPSA) is 122 Å². The molecule has 0 spiro atoms. The number of aliphatic hydroxyl groups excluding tert-OH is 1. The number of aromatic nitrogens is 3. The molecule has 11 heteroatoms. The van der Waals surface area contributed by atoms with Crippen LogP contribution in [-0.4, -0.2) is 95.1 Å². The number of hydrogen-bond donors (Lipinski definition) is 2. The summed E-state index contributed by atoms with van der Waals surface area (Å²) in [4.78, 5) is 29.4. The standard InChI is InChI=1S/C28H34N6O5/c35-21-16-34(17-21)26(36)18-38-23-14-29-28(30-15-23)31-20-5-7-22(8-6-20)39-27-24-4-2-1-3-19(24)13-25(32-27)33-9-11-37-12-10-33/h1-4,13-15,20-22,35H,5-12,16-18H2,(H,29,30,31)/t20-,22+. The number of fused-ring (bicyclic) bond motifs is 1. The molecular formula is C28H34N6O5. The Hall–Kier alpha value is -3.70. The van der Waals surface area contributed by atoms with Gasteiger partial charge in [-0.2, -0.15) is 4.98 Å². The minimum Gasteiger partial charge on any atom is -0.481 e. The van der Waals surface area contributed by atoms with Crippen LogP contribution < -0.4 is 19.7 Å². The molecule has 0 unspecified atom stereocenters. The van der Waals surface area contributed by atoms with Gasteiger partial charge >= 0.3 is 0 Å². The summed E-state index contributed by atoms with van der Waals surface area (Å²) in [6.45, 7) is 3.73. The molecule has 3 aliphatic rings. The average Bonchev–Trinajstić information content (AvgIpc) is 2.96. The van der Waals surface area contributed by atoms with Crippen LogP contribution in [0.15, 0.2) is 42.7 Å². The van der Waals surface area contributed by atoms with Crippen molar-refractivity contribution in [2.75, 3.05) is 56.2 Å². The van der Waals surface area contributed by atoms with Gasteiger partial charge in [0.15, 0.2) is 12.4 Å². The van der Waals surface area contributed by atoms with Gasteiger partial charge in [0.25, 0.3) is 5.91 Å². The Morgan fingerprint density at radius 3 is 2.56 bits per heavy atom. The third-order valence-electron chi connectivity index (χ3n) is 7.52. The molecule has 11 nitrogen and oxygen atoms in total. The number of amides is 1. The summed E-state index contributed by atoms with van der Waals surface area (Å²) in [5.41, 5.74) is 0. The number of carbonyl (C=O) groups excluding carboxylic acids is 1. The van der Waals surface area contributed by atoms with E-state index in [1.807, 2.05) is 12.1 Å². The van der Waals surface area contributed by atoms with E-state index >= 15 is 0 Å². The molecule has 206 valence electrons. The highest BCUT2D eigenvalue weighted by Crippen LogP contribution is 2.32. The van der Waals surface area contributed by atoms with Gasteiger partial charge in [-0.3, -0.25) is 4.79 Å². The van der Waals surface area contributed by atoms with Gasteiger partial charge in [-0.15, -0.1) is 0 Å². The molecule has 1 aliphatic carbocycles. The van der Waals surface area contributed by atoms with Crippen LogP contribution in [0.1, 0.15) is 25.7 Å². The molecule has 1 saturated carbocycles. The molecule has 0 bridgehead atoms. The first-order valence-electron chi connectivity index (χ1n) is 13.7. The first-order valence-corrected chi connectivity index (χ1v) is 13.7. The Morgan fingerprint density at radius 2 is 1.82 bits per heavy atom. The number of hydrogen-bond acceptors (Lipinski definition) is 10. The zero-order valence-corrected chi connectivity index (χ0v) is 21.9. The SMILES string of the molecule is O=C(COc1cnc(N[C@H]2CC[C@@H](Oc3nc(N4CCOCC4)cc4ccccc34)CC2)nc1)N1CC(O)C1. The molecule has 2 aromatic heterocycles. The number of morpholine rings is 1. The van der Waals surface area contributed by atoms with Crippen LogP contribution in [0.5, 0.6) is 11.6 Å². The smallest absolute Gasteiger partial charge is 0.260 e. The van der Waals surface area contributed by atoms with E-state index < -0.39 is 6.10 Å². The van der Waals surface area contributed by atoms with Gasteiger partial charge in [0.2, 0.25) is 11.8 Å². The van der Waals surface area contributed by atoms with E-state index in [-0.39, 0.29) is 24.7 Å². The molecule has 3 aromatic rings. The van der Waals surface area contributed by atoms with Crippen LogP contribution in [0, 0.1) is 0 Å². The Labute approximate surface area is 227 Å². The molecule has 1 aromatic carbocycles. The van der Waals surface area contributed by atoms with E-state index in [1.54, 1.807) is 17.3 Å².